The van der Waals surface area contributed by atoms with Crippen molar-refractivity contribution in [2.45, 2.75) is 13.0 Å². The van der Waals surface area contributed by atoms with Crippen LogP contribution in [-0.2, 0) is 0 Å². The number of benzene rings is 1. The molecule has 0 aliphatic carbocycles. The van der Waals surface area contributed by atoms with Crippen molar-refractivity contribution in [1.82, 2.24) is 10.3 Å². The number of pyridine rings is 1. The number of aromatic nitrogens is 1. The van der Waals surface area contributed by atoms with E-state index in [4.69, 9.17) is 28.9 Å². The van der Waals surface area contributed by atoms with Crippen molar-refractivity contribution in [1.29, 1.82) is 0 Å². The van der Waals surface area contributed by atoms with E-state index in [9.17, 15) is 4.79 Å². The lowest BCUT2D eigenvalue weighted by Crippen LogP contribution is -2.27. The molecule has 3 N–H and O–H groups in total. The number of halogens is 2. The number of hydrogen-bond donors (Lipinski definition) is 2. The van der Waals surface area contributed by atoms with Gasteiger partial charge in [0.25, 0.3) is 5.91 Å². The van der Waals surface area contributed by atoms with E-state index in [0.29, 0.717) is 15.7 Å². The van der Waals surface area contributed by atoms with E-state index < -0.39 is 0 Å². The molecule has 0 bridgehead atoms. The van der Waals surface area contributed by atoms with Crippen molar-refractivity contribution in [2.24, 2.45) is 0 Å². The number of rotatable bonds is 3. The quantitative estimate of drug-likeness (QED) is 0.912. The van der Waals surface area contributed by atoms with E-state index in [1.54, 1.807) is 24.3 Å². The molecule has 6 heteroatoms. The van der Waals surface area contributed by atoms with Gasteiger partial charge in [-0.05, 0) is 36.8 Å². The van der Waals surface area contributed by atoms with E-state index in [1.165, 1.54) is 12.3 Å². The number of carbonyl (C=O) groups is 1. The van der Waals surface area contributed by atoms with Crippen LogP contribution in [0, 0.1) is 0 Å². The maximum Gasteiger partial charge on any atom is 0.270 e. The molecular weight excluding hydrogens is 297 g/mol. The summed E-state index contributed by atoms with van der Waals surface area (Å²) >= 11 is 12.0. The molecule has 0 fully saturated rings. The van der Waals surface area contributed by atoms with E-state index in [2.05, 4.69) is 10.3 Å². The lowest BCUT2D eigenvalue weighted by molar-refractivity contribution is 0.0935. The summed E-state index contributed by atoms with van der Waals surface area (Å²) in [4.78, 5) is 16.0. The fourth-order valence-corrected chi connectivity index (χ4v) is 2.34. The molecule has 0 aliphatic rings. The number of nitrogen functional groups attached to an aromatic ring is 1. The van der Waals surface area contributed by atoms with Gasteiger partial charge >= 0.3 is 0 Å². The average Bonchev–Trinajstić information content (AvgIpc) is 2.38. The SMILES string of the molecule is CC(NC(=O)c1cc(N)ccn1)c1ccc(Cl)cc1Cl. The van der Waals surface area contributed by atoms with E-state index in [0.717, 1.165) is 5.56 Å². The van der Waals surface area contributed by atoms with Gasteiger partial charge in [-0.2, -0.15) is 0 Å². The molecule has 4 nitrogen and oxygen atoms in total. The molecule has 1 aromatic carbocycles. The third-order valence-electron chi connectivity index (χ3n) is 2.79. The molecule has 1 atom stereocenters. The lowest BCUT2D eigenvalue weighted by atomic mass is 10.1. The number of nitrogens with one attached hydrogen (secondary N) is 1. The van der Waals surface area contributed by atoms with E-state index >= 15 is 0 Å². The number of hydrogen-bond acceptors (Lipinski definition) is 3. The van der Waals surface area contributed by atoms with Crippen molar-refractivity contribution >= 4 is 34.8 Å². The minimum Gasteiger partial charge on any atom is -0.399 e. The normalized spacial score (nSPS) is 11.9. The molecule has 0 saturated heterocycles. The maximum atomic E-state index is 12.1. The Morgan fingerprint density at radius 2 is 2.05 bits per heavy atom. The summed E-state index contributed by atoms with van der Waals surface area (Å²) < 4.78 is 0. The largest absolute Gasteiger partial charge is 0.399 e. The second-order valence-electron chi connectivity index (χ2n) is 4.34. The number of anilines is 1. The summed E-state index contributed by atoms with van der Waals surface area (Å²) in [5, 5.41) is 3.87. The number of nitrogens with zero attached hydrogens (tertiary/aromatic N) is 1. The topological polar surface area (TPSA) is 68.0 Å². The van der Waals surface area contributed by atoms with Gasteiger partial charge in [0.2, 0.25) is 0 Å². The van der Waals surface area contributed by atoms with Crippen molar-refractivity contribution in [3.05, 3.63) is 57.8 Å². The van der Waals surface area contributed by atoms with Gasteiger partial charge in [0.05, 0.1) is 6.04 Å². The van der Waals surface area contributed by atoms with Gasteiger partial charge in [-0.15, -0.1) is 0 Å². The molecule has 1 aromatic heterocycles. The van der Waals surface area contributed by atoms with Crippen LogP contribution in [0.25, 0.3) is 0 Å². The Hall–Kier alpha value is -1.78. The summed E-state index contributed by atoms with van der Waals surface area (Å²) in [5.41, 5.74) is 7.16. The Morgan fingerprint density at radius 3 is 2.70 bits per heavy atom. The van der Waals surface area contributed by atoms with Crippen LogP contribution in [0.4, 0.5) is 5.69 Å². The lowest BCUT2D eigenvalue weighted by Gasteiger charge is -2.15. The van der Waals surface area contributed by atoms with Gasteiger partial charge in [-0.1, -0.05) is 29.3 Å². The molecule has 1 unspecified atom stereocenters. The first-order valence-corrected chi connectivity index (χ1v) is 6.70. The molecule has 2 aromatic rings. The van der Waals surface area contributed by atoms with Gasteiger partial charge in [0.15, 0.2) is 0 Å². The third kappa shape index (κ3) is 3.40. The molecule has 0 saturated carbocycles. The highest BCUT2D eigenvalue weighted by Gasteiger charge is 2.15. The number of amides is 1. The molecule has 104 valence electrons. The van der Waals surface area contributed by atoms with Crippen molar-refractivity contribution in [3.8, 4) is 0 Å². The van der Waals surface area contributed by atoms with Gasteiger partial charge in [-0.25, -0.2) is 0 Å². The van der Waals surface area contributed by atoms with Crippen LogP contribution in [0.3, 0.4) is 0 Å². The Kier molecular flexibility index (Phi) is 4.47. The Morgan fingerprint density at radius 1 is 1.30 bits per heavy atom. The van der Waals surface area contributed by atoms with E-state index in [1.807, 2.05) is 6.92 Å². The summed E-state index contributed by atoms with van der Waals surface area (Å²) in [6.45, 7) is 1.83. The van der Waals surface area contributed by atoms with Crippen molar-refractivity contribution in [3.63, 3.8) is 0 Å². The van der Waals surface area contributed by atoms with Gasteiger partial charge in [-0.3, -0.25) is 9.78 Å². The molecule has 1 amide bonds. The zero-order valence-corrected chi connectivity index (χ0v) is 12.2. The Bertz CT molecular complexity index is 646. The van der Waals surface area contributed by atoms with Crippen LogP contribution >= 0.6 is 23.2 Å². The average molecular weight is 310 g/mol. The van der Waals surface area contributed by atoms with Crippen LogP contribution in [0.1, 0.15) is 29.0 Å². The maximum absolute atomic E-state index is 12.1. The first kappa shape index (κ1) is 14.6. The van der Waals surface area contributed by atoms with Crippen LogP contribution in [0.5, 0.6) is 0 Å². The summed E-state index contributed by atoms with van der Waals surface area (Å²) in [6, 6.07) is 8.02. The van der Waals surface area contributed by atoms with Gasteiger partial charge in [0.1, 0.15) is 5.69 Å². The molecule has 1 heterocycles. The zero-order chi connectivity index (χ0) is 14.7. The third-order valence-corrected chi connectivity index (χ3v) is 3.36. The van der Waals surface area contributed by atoms with Crippen LogP contribution in [-0.4, -0.2) is 10.9 Å². The molecule has 20 heavy (non-hydrogen) atoms. The smallest absolute Gasteiger partial charge is 0.270 e. The van der Waals surface area contributed by atoms with Crippen LogP contribution in [0.15, 0.2) is 36.5 Å². The first-order valence-electron chi connectivity index (χ1n) is 5.94. The summed E-state index contributed by atoms with van der Waals surface area (Å²) in [5.74, 6) is -0.309. The minimum absolute atomic E-state index is 0.266. The number of nitrogens with two attached hydrogens (primary N) is 1. The fraction of sp³-hybridized carbons (Fsp3) is 0.143. The molecule has 0 aliphatic heterocycles. The monoisotopic (exact) mass is 309 g/mol. The predicted octanol–water partition coefficient (Wildman–Crippen LogP) is 3.46. The summed E-state index contributed by atoms with van der Waals surface area (Å²) in [7, 11) is 0. The van der Waals surface area contributed by atoms with Crippen molar-refractivity contribution in [2.75, 3.05) is 5.73 Å². The number of carbonyl (C=O) groups excluding carboxylic acids is 1. The highest BCUT2D eigenvalue weighted by atomic mass is 35.5. The molecule has 0 radical (unpaired) electrons. The van der Waals surface area contributed by atoms with Gasteiger partial charge in [0, 0.05) is 21.9 Å². The highest BCUT2D eigenvalue weighted by molar-refractivity contribution is 6.35. The van der Waals surface area contributed by atoms with E-state index in [-0.39, 0.29) is 17.6 Å². The zero-order valence-electron chi connectivity index (χ0n) is 10.7. The molecule has 2 rings (SSSR count). The highest BCUT2D eigenvalue weighted by Crippen LogP contribution is 2.26. The second-order valence-corrected chi connectivity index (χ2v) is 5.18. The molecule has 0 spiro atoms. The Balaban J connectivity index is 2.15. The minimum atomic E-state index is -0.309. The van der Waals surface area contributed by atoms with Crippen LogP contribution < -0.4 is 11.1 Å². The van der Waals surface area contributed by atoms with Crippen molar-refractivity contribution < 1.29 is 4.79 Å². The molecular formula is C14H13Cl2N3O. The summed E-state index contributed by atoms with van der Waals surface area (Å²) in [6.07, 6.45) is 1.49. The second kappa shape index (κ2) is 6.11. The van der Waals surface area contributed by atoms with Gasteiger partial charge < -0.3 is 11.1 Å². The standard InChI is InChI=1S/C14H13Cl2N3O/c1-8(11-3-2-9(15)6-12(11)16)19-14(20)13-7-10(17)4-5-18-13/h2-8H,1H3,(H2,17,18)(H,19,20). The first-order chi connectivity index (χ1) is 9.47. The predicted molar refractivity (Wildman–Crippen MR) is 81.0 cm³/mol. The fourth-order valence-electron chi connectivity index (χ4n) is 1.77. The Labute approximate surface area is 126 Å². The van der Waals surface area contributed by atoms with Crippen LogP contribution in [0.2, 0.25) is 10.0 Å².